The Morgan fingerprint density at radius 3 is 2.50 bits per heavy atom. The first-order valence-electron chi connectivity index (χ1n) is 10.3. The fourth-order valence-electron chi connectivity index (χ4n) is 3.99. The molecule has 0 radical (unpaired) electrons. The molecule has 2 aromatic carbocycles. The number of hydrogen-bond donors (Lipinski definition) is 1. The summed E-state index contributed by atoms with van der Waals surface area (Å²) in [7, 11) is 3.09. The molecule has 2 heterocycles. The maximum absolute atomic E-state index is 13.2. The largest absolute Gasteiger partial charge is 0.503 e. The zero-order chi connectivity index (χ0) is 24.4. The lowest BCUT2D eigenvalue weighted by Crippen LogP contribution is -2.33. The van der Waals surface area contributed by atoms with Gasteiger partial charge in [-0.1, -0.05) is 35.3 Å². The normalized spacial score (nSPS) is 15.7. The van der Waals surface area contributed by atoms with Gasteiger partial charge in [-0.3, -0.25) is 9.59 Å². The highest BCUT2D eigenvalue weighted by atomic mass is 35.5. The second-order valence-electron chi connectivity index (χ2n) is 7.57. The minimum atomic E-state index is -0.921. The Labute approximate surface area is 206 Å². The number of ether oxygens (including phenoxy) is 2. The Morgan fingerprint density at radius 2 is 1.85 bits per heavy atom. The number of rotatable bonds is 8. The van der Waals surface area contributed by atoms with Crippen molar-refractivity contribution in [3.63, 3.8) is 0 Å². The average Bonchev–Trinajstić information content (AvgIpc) is 3.45. The van der Waals surface area contributed by atoms with E-state index in [2.05, 4.69) is 0 Å². The van der Waals surface area contributed by atoms with Crippen molar-refractivity contribution in [1.29, 1.82) is 0 Å². The van der Waals surface area contributed by atoms with Crippen molar-refractivity contribution in [2.24, 2.45) is 0 Å². The molecule has 4 rings (SSSR count). The predicted molar refractivity (Wildman–Crippen MR) is 127 cm³/mol. The monoisotopic (exact) mass is 501 g/mol. The number of hydrogen-bond acceptors (Lipinski definition) is 6. The van der Waals surface area contributed by atoms with Gasteiger partial charge in [0.25, 0.3) is 5.91 Å². The summed E-state index contributed by atoms with van der Waals surface area (Å²) in [4.78, 5) is 27.7. The molecular formula is C25H21Cl2NO6. The minimum absolute atomic E-state index is 0.00572. The number of ketones is 1. The van der Waals surface area contributed by atoms with Crippen LogP contribution in [0.5, 0.6) is 11.5 Å². The number of aliphatic hydroxyl groups is 1. The fourth-order valence-corrected chi connectivity index (χ4v) is 4.50. The Morgan fingerprint density at radius 1 is 1.09 bits per heavy atom. The lowest BCUT2D eigenvalue weighted by molar-refractivity contribution is -0.129. The molecule has 1 aromatic heterocycles. The third kappa shape index (κ3) is 4.36. The van der Waals surface area contributed by atoms with Gasteiger partial charge in [-0.15, -0.1) is 0 Å². The molecule has 176 valence electrons. The van der Waals surface area contributed by atoms with Crippen LogP contribution in [0.2, 0.25) is 10.0 Å². The number of methoxy groups -OCH3 is 2. The van der Waals surface area contributed by atoms with Crippen LogP contribution < -0.4 is 9.47 Å². The van der Waals surface area contributed by atoms with Gasteiger partial charge in [0, 0.05) is 16.6 Å². The van der Waals surface area contributed by atoms with Crippen molar-refractivity contribution >= 4 is 34.9 Å². The van der Waals surface area contributed by atoms with E-state index < -0.39 is 23.5 Å². The molecule has 1 amide bonds. The first-order chi connectivity index (χ1) is 16.3. The van der Waals surface area contributed by atoms with E-state index >= 15 is 0 Å². The van der Waals surface area contributed by atoms with Gasteiger partial charge in [-0.2, -0.15) is 0 Å². The van der Waals surface area contributed by atoms with Gasteiger partial charge in [0.05, 0.1) is 32.1 Å². The van der Waals surface area contributed by atoms with Crippen molar-refractivity contribution in [3.05, 3.63) is 93.1 Å². The number of amides is 1. The second kappa shape index (κ2) is 9.83. The smallest absolute Gasteiger partial charge is 0.290 e. The molecule has 0 saturated heterocycles. The number of halogens is 2. The highest BCUT2D eigenvalue weighted by Crippen LogP contribution is 2.42. The van der Waals surface area contributed by atoms with Crippen molar-refractivity contribution in [2.75, 3.05) is 20.8 Å². The lowest BCUT2D eigenvalue weighted by atomic mass is 9.94. The van der Waals surface area contributed by atoms with Crippen LogP contribution in [0.1, 0.15) is 27.7 Å². The molecule has 1 aliphatic heterocycles. The topological polar surface area (TPSA) is 89.2 Å². The summed E-state index contributed by atoms with van der Waals surface area (Å²) in [6.07, 6.45) is 1.77. The van der Waals surface area contributed by atoms with Gasteiger partial charge < -0.3 is 23.9 Å². The minimum Gasteiger partial charge on any atom is -0.503 e. The summed E-state index contributed by atoms with van der Waals surface area (Å²) in [6, 6.07) is 12.3. The molecule has 1 atom stereocenters. The molecule has 1 N–H and O–H groups in total. The first kappa shape index (κ1) is 23.7. The predicted octanol–water partition coefficient (Wildman–Crippen LogP) is 5.42. The van der Waals surface area contributed by atoms with Crippen molar-refractivity contribution in [1.82, 2.24) is 4.90 Å². The van der Waals surface area contributed by atoms with Crippen molar-refractivity contribution in [2.45, 2.75) is 12.5 Å². The molecule has 34 heavy (non-hydrogen) atoms. The Bertz CT molecular complexity index is 1270. The van der Waals surface area contributed by atoms with E-state index in [1.165, 1.54) is 23.3 Å². The van der Waals surface area contributed by atoms with Gasteiger partial charge in [-0.25, -0.2) is 0 Å². The number of furan rings is 1. The van der Waals surface area contributed by atoms with Crippen LogP contribution in [0.4, 0.5) is 0 Å². The van der Waals surface area contributed by atoms with Crippen LogP contribution in [0.15, 0.2) is 70.5 Å². The molecular weight excluding hydrogens is 481 g/mol. The van der Waals surface area contributed by atoms with Crippen molar-refractivity contribution < 1.29 is 28.6 Å². The molecule has 0 bridgehead atoms. The van der Waals surface area contributed by atoms with Gasteiger partial charge >= 0.3 is 0 Å². The zero-order valence-electron chi connectivity index (χ0n) is 18.4. The Balaban J connectivity index is 1.71. The molecule has 3 aromatic rings. The van der Waals surface area contributed by atoms with Gasteiger partial charge in [-0.05, 0) is 53.9 Å². The maximum atomic E-state index is 13.2. The SMILES string of the molecule is COc1ccc(CCN2C(=O)C(O)=C(C(=O)c3ccco3)[C@H]2c2ccc(Cl)cc2Cl)cc1OC. The average molecular weight is 502 g/mol. The zero-order valence-corrected chi connectivity index (χ0v) is 19.9. The van der Waals surface area contributed by atoms with E-state index in [1.54, 1.807) is 38.5 Å². The number of nitrogens with zero attached hydrogens (tertiary/aromatic N) is 1. The molecule has 0 spiro atoms. The summed E-state index contributed by atoms with van der Waals surface area (Å²) in [6.45, 7) is 0.191. The molecule has 0 saturated carbocycles. The maximum Gasteiger partial charge on any atom is 0.290 e. The second-order valence-corrected chi connectivity index (χ2v) is 8.42. The molecule has 7 nitrogen and oxygen atoms in total. The Hall–Kier alpha value is -3.42. The number of aliphatic hydroxyl groups excluding tert-OH is 1. The van der Waals surface area contributed by atoms with Crippen LogP contribution in [0, 0.1) is 0 Å². The summed E-state index contributed by atoms with van der Waals surface area (Å²) in [5.74, 6) is -0.762. The van der Waals surface area contributed by atoms with Crippen LogP contribution in [0.25, 0.3) is 0 Å². The Kier molecular flexibility index (Phi) is 6.86. The van der Waals surface area contributed by atoms with E-state index in [-0.39, 0.29) is 22.9 Å². The van der Waals surface area contributed by atoms with Crippen LogP contribution in [-0.2, 0) is 11.2 Å². The quantitative estimate of drug-likeness (QED) is 0.414. The summed E-state index contributed by atoms with van der Waals surface area (Å²) < 4.78 is 15.9. The van der Waals surface area contributed by atoms with E-state index in [1.807, 2.05) is 12.1 Å². The highest BCUT2D eigenvalue weighted by Gasteiger charge is 2.45. The van der Waals surface area contributed by atoms with Gasteiger partial charge in [0.1, 0.15) is 0 Å². The standard InChI is InChI=1S/C25H21Cl2NO6/c1-32-18-8-5-14(12-20(18)33-2)9-10-28-22(16-7-6-15(26)13-17(16)27)21(24(30)25(28)31)23(29)19-4-3-11-34-19/h3-8,11-13,22,30H,9-10H2,1-2H3/t22-/m1/s1. The molecule has 9 heteroatoms. The van der Waals surface area contributed by atoms with Gasteiger partial charge in [0.15, 0.2) is 23.0 Å². The fraction of sp³-hybridized carbons (Fsp3) is 0.200. The number of carbonyl (C=O) groups excluding carboxylic acids is 2. The van der Waals surface area contributed by atoms with Gasteiger partial charge in [0.2, 0.25) is 5.78 Å². The molecule has 0 fully saturated rings. The van der Waals surface area contributed by atoms with Crippen molar-refractivity contribution in [3.8, 4) is 11.5 Å². The van der Waals surface area contributed by atoms with E-state index in [0.29, 0.717) is 28.5 Å². The highest BCUT2D eigenvalue weighted by molar-refractivity contribution is 6.35. The summed E-state index contributed by atoms with van der Waals surface area (Å²) >= 11 is 12.5. The van der Waals surface area contributed by atoms with E-state index in [9.17, 15) is 14.7 Å². The van der Waals surface area contributed by atoms with Crippen LogP contribution in [-0.4, -0.2) is 42.5 Å². The third-order valence-corrected chi connectivity index (χ3v) is 6.20. The number of carbonyl (C=O) groups is 2. The summed E-state index contributed by atoms with van der Waals surface area (Å²) in [5, 5.41) is 11.4. The van der Waals surface area contributed by atoms with Crippen LogP contribution in [0.3, 0.4) is 0 Å². The number of benzene rings is 2. The van der Waals surface area contributed by atoms with E-state index in [0.717, 1.165) is 5.56 Å². The summed E-state index contributed by atoms with van der Waals surface area (Å²) in [5.41, 5.74) is 1.24. The first-order valence-corrected chi connectivity index (χ1v) is 11.1. The molecule has 0 unspecified atom stereocenters. The molecule has 0 aliphatic carbocycles. The number of Topliss-reactive ketones (excluding diaryl/α,β-unsaturated/α-hetero) is 1. The lowest BCUT2D eigenvalue weighted by Gasteiger charge is -2.27. The third-order valence-electron chi connectivity index (χ3n) is 5.64. The van der Waals surface area contributed by atoms with Crippen LogP contribution >= 0.6 is 23.2 Å². The molecule has 1 aliphatic rings. The van der Waals surface area contributed by atoms with E-state index in [4.69, 9.17) is 37.1 Å².